The summed E-state index contributed by atoms with van der Waals surface area (Å²) in [6, 6.07) is 3.69. The second-order valence-electron chi connectivity index (χ2n) is 5.36. The third kappa shape index (κ3) is 4.30. The van der Waals surface area contributed by atoms with Crippen LogP contribution in [0.1, 0.15) is 19.4 Å². The molecule has 0 aliphatic rings. The van der Waals surface area contributed by atoms with Crippen molar-refractivity contribution in [3.05, 3.63) is 17.7 Å². The minimum absolute atomic E-state index is 0.0387. The van der Waals surface area contributed by atoms with Gasteiger partial charge in [0, 0.05) is 24.5 Å². The standard InChI is InChI=1S/C16H26N2O3S/c1-10(11(2)17)16(19)18(3)9-12-7-13(20-4)14(21-5)8-15(12)22-6/h7-8,10-11H,9,17H2,1-6H3. The number of amides is 1. The fraction of sp³-hybridized carbons (Fsp3) is 0.562. The minimum atomic E-state index is -0.206. The number of hydrogen-bond acceptors (Lipinski definition) is 5. The zero-order valence-corrected chi connectivity index (χ0v) is 15.0. The first-order valence-corrected chi connectivity index (χ1v) is 8.37. The maximum absolute atomic E-state index is 12.3. The van der Waals surface area contributed by atoms with Crippen LogP contribution in [-0.2, 0) is 11.3 Å². The Hall–Kier alpha value is -1.40. The van der Waals surface area contributed by atoms with Crippen LogP contribution in [0.5, 0.6) is 11.5 Å². The number of carbonyl (C=O) groups is 1. The number of ether oxygens (including phenoxy) is 2. The smallest absolute Gasteiger partial charge is 0.226 e. The molecule has 22 heavy (non-hydrogen) atoms. The highest BCUT2D eigenvalue weighted by Crippen LogP contribution is 2.35. The van der Waals surface area contributed by atoms with Crippen molar-refractivity contribution in [3.63, 3.8) is 0 Å². The Labute approximate surface area is 137 Å². The van der Waals surface area contributed by atoms with Gasteiger partial charge >= 0.3 is 0 Å². The lowest BCUT2D eigenvalue weighted by Gasteiger charge is -2.24. The van der Waals surface area contributed by atoms with E-state index in [1.165, 1.54) is 0 Å². The second-order valence-corrected chi connectivity index (χ2v) is 6.21. The molecule has 6 heteroatoms. The maximum atomic E-state index is 12.3. The number of methoxy groups -OCH3 is 2. The molecule has 0 heterocycles. The molecule has 124 valence electrons. The van der Waals surface area contributed by atoms with Gasteiger partial charge in [-0.2, -0.15) is 0 Å². The summed E-state index contributed by atoms with van der Waals surface area (Å²) >= 11 is 1.61. The summed E-state index contributed by atoms with van der Waals surface area (Å²) in [6.07, 6.45) is 2.00. The number of nitrogens with zero attached hydrogens (tertiary/aromatic N) is 1. The van der Waals surface area contributed by atoms with Crippen molar-refractivity contribution in [2.45, 2.75) is 31.3 Å². The molecule has 5 nitrogen and oxygen atoms in total. The molecule has 0 fully saturated rings. The van der Waals surface area contributed by atoms with Crippen molar-refractivity contribution >= 4 is 17.7 Å². The predicted molar refractivity (Wildman–Crippen MR) is 90.6 cm³/mol. The first-order chi connectivity index (χ1) is 10.3. The number of hydrogen-bond donors (Lipinski definition) is 1. The lowest BCUT2D eigenvalue weighted by molar-refractivity contribution is -0.134. The van der Waals surface area contributed by atoms with Crippen LogP contribution in [0.15, 0.2) is 17.0 Å². The highest BCUT2D eigenvalue weighted by Gasteiger charge is 2.22. The number of carbonyl (C=O) groups excluding carboxylic acids is 1. The van der Waals surface area contributed by atoms with Gasteiger partial charge in [-0.25, -0.2) is 0 Å². The number of thioether (sulfide) groups is 1. The van der Waals surface area contributed by atoms with Crippen molar-refractivity contribution in [1.82, 2.24) is 4.90 Å². The van der Waals surface area contributed by atoms with Gasteiger partial charge in [0.2, 0.25) is 5.91 Å². The molecule has 0 saturated carbocycles. The molecule has 0 radical (unpaired) electrons. The Kier molecular flexibility index (Phi) is 7.03. The molecule has 1 rings (SSSR count). The first kappa shape index (κ1) is 18.6. The summed E-state index contributed by atoms with van der Waals surface area (Å²) in [4.78, 5) is 15.1. The van der Waals surface area contributed by atoms with E-state index in [-0.39, 0.29) is 17.9 Å². The molecule has 0 aliphatic carbocycles. The first-order valence-electron chi connectivity index (χ1n) is 7.15. The highest BCUT2D eigenvalue weighted by atomic mass is 32.2. The average molecular weight is 326 g/mol. The van der Waals surface area contributed by atoms with Crippen molar-refractivity contribution in [3.8, 4) is 11.5 Å². The molecule has 0 aromatic heterocycles. The summed E-state index contributed by atoms with van der Waals surface area (Å²) in [7, 11) is 5.01. The van der Waals surface area contributed by atoms with Crippen molar-refractivity contribution in [2.24, 2.45) is 11.7 Å². The monoisotopic (exact) mass is 326 g/mol. The molecule has 0 bridgehead atoms. The lowest BCUT2D eigenvalue weighted by Crippen LogP contribution is -2.39. The average Bonchev–Trinajstić information content (AvgIpc) is 2.52. The van der Waals surface area contributed by atoms with Crippen molar-refractivity contribution in [1.29, 1.82) is 0 Å². The molecule has 0 aliphatic heterocycles. The topological polar surface area (TPSA) is 64.8 Å². The quantitative estimate of drug-likeness (QED) is 0.779. The van der Waals surface area contributed by atoms with E-state index in [1.807, 2.05) is 32.2 Å². The van der Waals surface area contributed by atoms with Crippen LogP contribution in [0.2, 0.25) is 0 Å². The van der Waals surface area contributed by atoms with E-state index in [2.05, 4.69) is 0 Å². The van der Waals surface area contributed by atoms with Gasteiger partial charge in [-0.1, -0.05) is 6.92 Å². The second kappa shape index (κ2) is 8.29. The van der Waals surface area contributed by atoms with E-state index in [1.54, 1.807) is 37.9 Å². The third-order valence-corrected chi connectivity index (χ3v) is 4.57. The summed E-state index contributed by atoms with van der Waals surface area (Å²) in [5.74, 6) is 1.18. The molecule has 0 spiro atoms. The van der Waals surface area contributed by atoms with Gasteiger partial charge in [0.15, 0.2) is 11.5 Å². The number of nitrogens with two attached hydrogens (primary N) is 1. The van der Waals surface area contributed by atoms with Crippen LogP contribution in [0.4, 0.5) is 0 Å². The molecule has 2 atom stereocenters. The summed E-state index contributed by atoms with van der Waals surface area (Å²) in [6.45, 7) is 4.21. The Morgan fingerprint density at radius 1 is 1.27 bits per heavy atom. The molecule has 1 amide bonds. The van der Waals surface area contributed by atoms with Crippen LogP contribution < -0.4 is 15.2 Å². The Morgan fingerprint density at radius 3 is 2.27 bits per heavy atom. The van der Waals surface area contributed by atoms with Crippen LogP contribution in [0.3, 0.4) is 0 Å². The fourth-order valence-corrected chi connectivity index (χ4v) is 2.73. The molecule has 0 saturated heterocycles. The van der Waals surface area contributed by atoms with E-state index in [0.29, 0.717) is 18.0 Å². The van der Waals surface area contributed by atoms with E-state index >= 15 is 0 Å². The van der Waals surface area contributed by atoms with E-state index < -0.39 is 0 Å². The molecule has 1 aromatic rings. The van der Waals surface area contributed by atoms with Crippen LogP contribution in [0.25, 0.3) is 0 Å². The third-order valence-electron chi connectivity index (χ3n) is 3.75. The highest BCUT2D eigenvalue weighted by molar-refractivity contribution is 7.98. The zero-order valence-electron chi connectivity index (χ0n) is 14.2. The van der Waals surface area contributed by atoms with Crippen LogP contribution in [0, 0.1) is 5.92 Å². The maximum Gasteiger partial charge on any atom is 0.226 e. The Balaban J connectivity index is 3.03. The minimum Gasteiger partial charge on any atom is -0.493 e. The van der Waals surface area contributed by atoms with Gasteiger partial charge in [-0.3, -0.25) is 4.79 Å². The largest absolute Gasteiger partial charge is 0.493 e. The number of benzene rings is 1. The van der Waals surface area contributed by atoms with Gasteiger partial charge < -0.3 is 20.1 Å². The van der Waals surface area contributed by atoms with Crippen LogP contribution >= 0.6 is 11.8 Å². The summed E-state index contributed by atoms with van der Waals surface area (Å²) in [5.41, 5.74) is 6.85. The predicted octanol–water partition coefficient (Wildman–Crippen LogP) is 2.37. The van der Waals surface area contributed by atoms with Gasteiger partial charge in [-0.05, 0) is 30.9 Å². The number of rotatable bonds is 7. The normalized spacial score (nSPS) is 13.4. The molecule has 2 unspecified atom stereocenters. The Bertz CT molecular complexity index is 520. The summed E-state index contributed by atoms with van der Waals surface area (Å²) < 4.78 is 10.7. The van der Waals surface area contributed by atoms with E-state index in [9.17, 15) is 4.79 Å². The SMILES string of the molecule is COc1cc(CN(C)C(=O)C(C)C(C)N)c(SC)cc1OC. The Morgan fingerprint density at radius 2 is 1.82 bits per heavy atom. The molecular weight excluding hydrogens is 300 g/mol. The van der Waals surface area contributed by atoms with E-state index in [4.69, 9.17) is 15.2 Å². The molecule has 2 N–H and O–H groups in total. The van der Waals surface area contributed by atoms with E-state index in [0.717, 1.165) is 10.5 Å². The van der Waals surface area contributed by atoms with Crippen molar-refractivity contribution in [2.75, 3.05) is 27.5 Å². The zero-order chi connectivity index (χ0) is 16.9. The van der Waals surface area contributed by atoms with Gasteiger partial charge in [0.05, 0.1) is 20.1 Å². The van der Waals surface area contributed by atoms with Gasteiger partial charge in [0.1, 0.15) is 0 Å². The summed E-state index contributed by atoms with van der Waals surface area (Å²) in [5, 5.41) is 0. The van der Waals surface area contributed by atoms with Crippen molar-refractivity contribution < 1.29 is 14.3 Å². The lowest BCUT2D eigenvalue weighted by atomic mass is 10.0. The van der Waals surface area contributed by atoms with Gasteiger partial charge in [-0.15, -0.1) is 11.8 Å². The molecular formula is C16H26N2O3S. The fourth-order valence-electron chi connectivity index (χ4n) is 2.12. The molecule has 1 aromatic carbocycles. The van der Waals surface area contributed by atoms with Crippen LogP contribution in [-0.4, -0.2) is 44.4 Å². The van der Waals surface area contributed by atoms with Gasteiger partial charge in [0.25, 0.3) is 0 Å².